The van der Waals surface area contributed by atoms with E-state index in [1.165, 1.54) is 13.3 Å². The lowest BCUT2D eigenvalue weighted by molar-refractivity contribution is 0.0600. The number of pyridine rings is 2. The van der Waals surface area contributed by atoms with Crippen molar-refractivity contribution in [2.75, 3.05) is 12.4 Å². The largest absolute Gasteiger partial charge is 0.465 e. The Morgan fingerprint density at radius 3 is 2.59 bits per heavy atom. The molecule has 0 fully saturated rings. The van der Waals surface area contributed by atoms with Crippen molar-refractivity contribution in [1.82, 2.24) is 9.97 Å². The number of hydrogen-bond acceptors (Lipinski definition) is 5. The van der Waals surface area contributed by atoms with Crippen molar-refractivity contribution in [3.63, 3.8) is 0 Å². The first-order chi connectivity index (χ1) is 10.5. The van der Waals surface area contributed by atoms with Gasteiger partial charge in [0.05, 0.1) is 23.4 Å². The maximum atomic E-state index is 11.3. The van der Waals surface area contributed by atoms with Crippen LogP contribution in [0.5, 0.6) is 0 Å². The number of carbonyl (C=O) groups excluding carboxylic acids is 1. The van der Waals surface area contributed by atoms with Gasteiger partial charge in [0.25, 0.3) is 0 Å². The minimum atomic E-state index is -0.437. The highest BCUT2D eigenvalue weighted by molar-refractivity contribution is 6.48. The van der Waals surface area contributed by atoms with Gasteiger partial charge >= 0.3 is 5.97 Å². The number of esters is 1. The van der Waals surface area contributed by atoms with Gasteiger partial charge in [0, 0.05) is 11.8 Å². The van der Waals surface area contributed by atoms with Crippen molar-refractivity contribution in [1.29, 1.82) is 0 Å². The average molecular weight is 316 g/mol. The number of hydrogen-bond donors (Lipinski definition) is 1. The molecule has 2 aromatic rings. The first-order valence-corrected chi connectivity index (χ1v) is 6.72. The number of aromatic nitrogens is 2. The highest BCUT2D eigenvalue weighted by atomic mass is 35.5. The van der Waals surface area contributed by atoms with E-state index in [4.69, 9.17) is 11.6 Å². The van der Waals surface area contributed by atoms with Gasteiger partial charge in [-0.1, -0.05) is 30.8 Å². The average Bonchev–Trinajstić information content (AvgIpc) is 2.54. The number of halogens is 1. The van der Waals surface area contributed by atoms with Gasteiger partial charge < -0.3 is 10.1 Å². The zero-order chi connectivity index (χ0) is 16.1. The summed E-state index contributed by atoms with van der Waals surface area (Å²) in [5, 5.41) is 3.35. The van der Waals surface area contributed by atoms with Gasteiger partial charge in [-0.05, 0) is 24.3 Å². The SMILES string of the molecule is C=Cc1ccc(Nc2ccc(C(=O)OC)cn2)nc1C(=C)Cl. The molecule has 112 valence electrons. The van der Waals surface area contributed by atoms with Crippen LogP contribution in [-0.2, 0) is 4.74 Å². The Bertz CT molecular complexity index is 727. The quantitative estimate of drug-likeness (QED) is 0.849. The predicted octanol–water partition coefficient (Wildman–Crippen LogP) is 3.86. The van der Waals surface area contributed by atoms with Crippen molar-refractivity contribution in [2.45, 2.75) is 0 Å². The van der Waals surface area contributed by atoms with Crippen LogP contribution in [0.15, 0.2) is 43.6 Å². The van der Waals surface area contributed by atoms with Gasteiger partial charge in [-0.2, -0.15) is 0 Å². The Balaban J connectivity index is 2.23. The van der Waals surface area contributed by atoms with Crippen molar-refractivity contribution < 1.29 is 9.53 Å². The van der Waals surface area contributed by atoms with Gasteiger partial charge in [-0.15, -0.1) is 0 Å². The van der Waals surface area contributed by atoms with E-state index in [0.29, 0.717) is 27.9 Å². The Hall–Kier alpha value is -2.66. The molecule has 0 radical (unpaired) electrons. The lowest BCUT2D eigenvalue weighted by atomic mass is 10.2. The third-order valence-electron chi connectivity index (χ3n) is 2.84. The second kappa shape index (κ2) is 6.87. The minimum Gasteiger partial charge on any atom is -0.465 e. The summed E-state index contributed by atoms with van der Waals surface area (Å²) in [7, 11) is 1.32. The monoisotopic (exact) mass is 315 g/mol. The number of methoxy groups -OCH3 is 1. The first-order valence-electron chi connectivity index (χ1n) is 6.35. The fraction of sp³-hybridized carbons (Fsp3) is 0.0625. The lowest BCUT2D eigenvalue weighted by Crippen LogP contribution is -2.03. The third kappa shape index (κ3) is 3.51. The zero-order valence-corrected chi connectivity index (χ0v) is 12.7. The molecule has 6 heteroatoms. The first kappa shape index (κ1) is 15.7. The van der Waals surface area contributed by atoms with Gasteiger partial charge in [0.2, 0.25) is 0 Å². The van der Waals surface area contributed by atoms with Crippen LogP contribution in [-0.4, -0.2) is 23.0 Å². The molecule has 5 nitrogen and oxygen atoms in total. The summed E-state index contributed by atoms with van der Waals surface area (Å²) < 4.78 is 4.62. The van der Waals surface area contributed by atoms with E-state index in [0.717, 1.165) is 5.56 Å². The Morgan fingerprint density at radius 1 is 1.32 bits per heavy atom. The molecule has 0 aliphatic carbocycles. The van der Waals surface area contributed by atoms with E-state index in [1.54, 1.807) is 24.3 Å². The molecule has 22 heavy (non-hydrogen) atoms. The van der Waals surface area contributed by atoms with Crippen LogP contribution < -0.4 is 5.32 Å². The summed E-state index contributed by atoms with van der Waals surface area (Å²) in [6.45, 7) is 7.39. The second-order valence-corrected chi connectivity index (χ2v) is 4.75. The van der Waals surface area contributed by atoms with Crippen LogP contribution in [0.1, 0.15) is 21.6 Å². The Kier molecular flexibility index (Phi) is 4.91. The summed E-state index contributed by atoms with van der Waals surface area (Å²) >= 11 is 5.93. The van der Waals surface area contributed by atoms with Crippen LogP contribution in [0.3, 0.4) is 0 Å². The van der Waals surface area contributed by atoms with Crippen LogP contribution in [0, 0.1) is 0 Å². The molecule has 0 saturated carbocycles. The number of ether oxygens (including phenoxy) is 1. The van der Waals surface area contributed by atoms with Gasteiger partial charge in [0.1, 0.15) is 11.6 Å². The molecule has 0 saturated heterocycles. The van der Waals surface area contributed by atoms with Crippen LogP contribution in [0.2, 0.25) is 0 Å². The Morgan fingerprint density at radius 2 is 2.05 bits per heavy atom. The number of nitrogens with zero attached hydrogens (tertiary/aromatic N) is 2. The molecule has 0 aromatic carbocycles. The lowest BCUT2D eigenvalue weighted by Gasteiger charge is -2.09. The number of nitrogens with one attached hydrogen (secondary N) is 1. The second-order valence-electron chi connectivity index (χ2n) is 4.29. The maximum Gasteiger partial charge on any atom is 0.339 e. The molecule has 0 spiro atoms. The number of anilines is 2. The normalized spacial score (nSPS) is 9.91. The van der Waals surface area contributed by atoms with E-state index in [1.807, 2.05) is 6.07 Å². The molecule has 0 unspecified atom stereocenters. The van der Waals surface area contributed by atoms with Crippen molar-refractivity contribution in [3.8, 4) is 0 Å². The summed E-state index contributed by atoms with van der Waals surface area (Å²) in [6.07, 6.45) is 3.08. The van der Waals surface area contributed by atoms with Gasteiger partial charge in [-0.25, -0.2) is 14.8 Å². The molecule has 1 N–H and O–H groups in total. The van der Waals surface area contributed by atoms with E-state index < -0.39 is 5.97 Å². The molecule has 2 heterocycles. The molecule has 0 aliphatic heterocycles. The van der Waals surface area contributed by atoms with Crippen molar-refractivity contribution in [2.24, 2.45) is 0 Å². The van der Waals surface area contributed by atoms with E-state index in [2.05, 4.69) is 33.2 Å². The van der Waals surface area contributed by atoms with Crippen molar-refractivity contribution >= 4 is 40.3 Å². The smallest absolute Gasteiger partial charge is 0.339 e. The number of rotatable bonds is 5. The van der Waals surface area contributed by atoms with Crippen molar-refractivity contribution in [3.05, 3.63) is 60.4 Å². The third-order valence-corrected chi connectivity index (χ3v) is 3.02. The standard InChI is InChI=1S/C16H14ClN3O2/c1-4-11-5-8-14(20-15(11)10(2)17)19-13-7-6-12(9-18-13)16(21)22-3/h4-9H,1-2H2,3H3,(H,18,19,20). The molecule has 0 aliphatic rings. The number of carbonyl (C=O) groups is 1. The van der Waals surface area contributed by atoms with Crippen LogP contribution in [0.4, 0.5) is 11.6 Å². The fourth-order valence-corrected chi connectivity index (χ4v) is 1.91. The van der Waals surface area contributed by atoms with Crippen LogP contribution in [0.25, 0.3) is 11.1 Å². The van der Waals surface area contributed by atoms with Crippen LogP contribution >= 0.6 is 11.6 Å². The highest BCUT2D eigenvalue weighted by Gasteiger charge is 2.08. The zero-order valence-electron chi connectivity index (χ0n) is 12.0. The Labute approximate surface area is 133 Å². The summed E-state index contributed by atoms with van der Waals surface area (Å²) in [5.41, 5.74) is 1.71. The molecule has 0 amide bonds. The maximum absolute atomic E-state index is 11.3. The van der Waals surface area contributed by atoms with E-state index in [-0.39, 0.29) is 0 Å². The molecule has 2 rings (SSSR count). The van der Waals surface area contributed by atoms with Gasteiger partial charge in [0.15, 0.2) is 0 Å². The summed E-state index contributed by atoms with van der Waals surface area (Å²) in [5.74, 6) is 0.659. The molecule has 2 aromatic heterocycles. The molecule has 0 atom stereocenters. The fourth-order valence-electron chi connectivity index (χ4n) is 1.76. The summed E-state index contributed by atoms with van der Waals surface area (Å²) in [4.78, 5) is 19.8. The molecular formula is C16H14ClN3O2. The molecule has 0 bridgehead atoms. The minimum absolute atomic E-state index is 0.326. The topological polar surface area (TPSA) is 64.1 Å². The predicted molar refractivity (Wildman–Crippen MR) is 88.1 cm³/mol. The highest BCUT2D eigenvalue weighted by Crippen LogP contribution is 2.23. The van der Waals surface area contributed by atoms with Gasteiger partial charge in [-0.3, -0.25) is 0 Å². The van der Waals surface area contributed by atoms with E-state index in [9.17, 15) is 4.79 Å². The molecular weight excluding hydrogens is 302 g/mol. The van der Waals surface area contributed by atoms with E-state index >= 15 is 0 Å². The summed E-state index contributed by atoms with van der Waals surface area (Å²) in [6, 6.07) is 6.87.